The molecule has 0 aliphatic rings. The summed E-state index contributed by atoms with van der Waals surface area (Å²) in [6.07, 6.45) is 1.64. The monoisotopic (exact) mass is 286 g/mol. The number of nitrogens with one attached hydrogen (secondary N) is 1. The summed E-state index contributed by atoms with van der Waals surface area (Å²) < 4.78 is 5.31. The van der Waals surface area contributed by atoms with E-state index < -0.39 is 0 Å². The molecular weight excluding hydrogens is 264 g/mol. The van der Waals surface area contributed by atoms with Gasteiger partial charge in [-0.25, -0.2) is 0 Å². The Morgan fingerprint density at radius 3 is 2.52 bits per heavy atom. The van der Waals surface area contributed by atoms with Gasteiger partial charge in [0.15, 0.2) is 0 Å². The highest BCUT2D eigenvalue weighted by Gasteiger charge is 2.20. The van der Waals surface area contributed by atoms with Crippen molar-refractivity contribution in [1.29, 1.82) is 0 Å². The van der Waals surface area contributed by atoms with Crippen molar-refractivity contribution < 1.29 is 9.21 Å². The Balaban J connectivity index is 1.90. The van der Waals surface area contributed by atoms with Crippen LogP contribution < -0.4 is 5.32 Å². The fourth-order valence-corrected chi connectivity index (χ4v) is 2.14. The number of amides is 1. The number of furan rings is 1. The minimum atomic E-state index is -0.221. The van der Waals surface area contributed by atoms with Crippen LogP contribution in [0, 0.1) is 0 Å². The molecule has 2 aromatic rings. The molecule has 2 rings (SSSR count). The van der Waals surface area contributed by atoms with E-state index in [1.165, 1.54) is 0 Å². The summed E-state index contributed by atoms with van der Waals surface area (Å²) in [5.41, 5.74) is 1.10. The van der Waals surface area contributed by atoms with Gasteiger partial charge in [-0.15, -0.1) is 0 Å². The Labute approximate surface area is 125 Å². The summed E-state index contributed by atoms with van der Waals surface area (Å²) in [7, 11) is 1.92. The molecule has 0 saturated heterocycles. The van der Waals surface area contributed by atoms with E-state index >= 15 is 0 Å². The smallest absolute Gasteiger partial charge is 0.237 e. The van der Waals surface area contributed by atoms with Crippen molar-refractivity contribution in [3.05, 3.63) is 60.1 Å². The zero-order valence-electron chi connectivity index (χ0n) is 12.7. The number of hydrogen-bond acceptors (Lipinski definition) is 3. The van der Waals surface area contributed by atoms with Gasteiger partial charge in [0, 0.05) is 0 Å². The third kappa shape index (κ3) is 4.20. The maximum Gasteiger partial charge on any atom is 0.237 e. The molecular formula is C17H22N2O2. The number of carbonyl (C=O) groups excluding carboxylic acids is 1. The van der Waals surface area contributed by atoms with Crippen molar-refractivity contribution in [3.63, 3.8) is 0 Å². The van der Waals surface area contributed by atoms with E-state index in [-0.39, 0.29) is 18.0 Å². The Hall–Kier alpha value is -2.07. The second kappa shape index (κ2) is 7.09. The van der Waals surface area contributed by atoms with Crippen LogP contribution in [0.1, 0.15) is 31.2 Å². The zero-order valence-corrected chi connectivity index (χ0v) is 12.7. The first-order valence-corrected chi connectivity index (χ1v) is 7.16. The van der Waals surface area contributed by atoms with Gasteiger partial charge in [-0.05, 0) is 38.6 Å². The second-order valence-corrected chi connectivity index (χ2v) is 5.31. The van der Waals surface area contributed by atoms with Gasteiger partial charge in [0.25, 0.3) is 0 Å². The molecule has 112 valence electrons. The quantitative estimate of drug-likeness (QED) is 0.888. The molecule has 1 aromatic heterocycles. The largest absolute Gasteiger partial charge is 0.468 e. The van der Waals surface area contributed by atoms with Crippen LogP contribution in [0.25, 0.3) is 0 Å². The van der Waals surface area contributed by atoms with E-state index in [0.29, 0.717) is 6.54 Å². The van der Waals surface area contributed by atoms with Crippen LogP contribution in [0.3, 0.4) is 0 Å². The summed E-state index contributed by atoms with van der Waals surface area (Å²) in [6, 6.07) is 13.5. The first-order chi connectivity index (χ1) is 10.1. The summed E-state index contributed by atoms with van der Waals surface area (Å²) in [6.45, 7) is 4.50. The van der Waals surface area contributed by atoms with Crippen molar-refractivity contribution in [2.75, 3.05) is 7.05 Å². The van der Waals surface area contributed by atoms with Gasteiger partial charge >= 0.3 is 0 Å². The summed E-state index contributed by atoms with van der Waals surface area (Å²) in [4.78, 5) is 14.3. The van der Waals surface area contributed by atoms with Crippen LogP contribution in [0.5, 0.6) is 0 Å². The van der Waals surface area contributed by atoms with Crippen LogP contribution in [0.2, 0.25) is 0 Å². The predicted molar refractivity (Wildman–Crippen MR) is 82.6 cm³/mol. The molecule has 0 aliphatic heterocycles. The molecule has 0 spiro atoms. The molecule has 2 unspecified atom stereocenters. The lowest BCUT2D eigenvalue weighted by molar-refractivity contribution is -0.126. The highest BCUT2D eigenvalue weighted by Crippen LogP contribution is 2.12. The third-order valence-electron chi connectivity index (χ3n) is 3.68. The van der Waals surface area contributed by atoms with Crippen LogP contribution >= 0.6 is 0 Å². The molecule has 1 heterocycles. The van der Waals surface area contributed by atoms with E-state index in [9.17, 15) is 4.79 Å². The van der Waals surface area contributed by atoms with Crippen LogP contribution in [-0.4, -0.2) is 23.9 Å². The topological polar surface area (TPSA) is 45.5 Å². The first-order valence-electron chi connectivity index (χ1n) is 7.16. The third-order valence-corrected chi connectivity index (χ3v) is 3.68. The van der Waals surface area contributed by atoms with Crippen LogP contribution in [-0.2, 0) is 11.3 Å². The average molecular weight is 286 g/mol. The predicted octanol–water partition coefficient (Wildman–Crippen LogP) is 2.98. The van der Waals surface area contributed by atoms with Gasteiger partial charge < -0.3 is 9.73 Å². The number of nitrogens with zero attached hydrogens (tertiary/aromatic N) is 1. The Morgan fingerprint density at radius 2 is 1.90 bits per heavy atom. The van der Waals surface area contributed by atoms with Crippen LogP contribution in [0.4, 0.5) is 0 Å². The molecule has 1 aromatic carbocycles. The zero-order chi connectivity index (χ0) is 15.2. The maximum atomic E-state index is 12.3. The van der Waals surface area contributed by atoms with Gasteiger partial charge in [-0.2, -0.15) is 0 Å². The normalized spacial score (nSPS) is 13.9. The number of hydrogen-bond donors (Lipinski definition) is 1. The Kier molecular flexibility index (Phi) is 5.17. The van der Waals surface area contributed by atoms with E-state index in [2.05, 4.69) is 5.32 Å². The lowest BCUT2D eigenvalue weighted by Crippen LogP contribution is -2.43. The lowest BCUT2D eigenvalue weighted by atomic mass is 10.1. The molecule has 0 aliphatic carbocycles. The summed E-state index contributed by atoms with van der Waals surface area (Å²) in [5, 5.41) is 3.05. The van der Waals surface area contributed by atoms with E-state index in [0.717, 1.165) is 11.3 Å². The molecule has 0 bridgehead atoms. The van der Waals surface area contributed by atoms with Crippen molar-refractivity contribution in [3.8, 4) is 0 Å². The molecule has 1 amide bonds. The number of likely N-dealkylation sites (N-methyl/N-ethyl adjacent to an activating group) is 1. The minimum absolute atomic E-state index is 0.00170. The highest BCUT2D eigenvalue weighted by atomic mass is 16.3. The molecule has 4 nitrogen and oxygen atoms in total. The number of rotatable bonds is 6. The van der Waals surface area contributed by atoms with Gasteiger partial charge in [0.1, 0.15) is 5.76 Å². The first kappa shape index (κ1) is 15.3. The summed E-state index contributed by atoms with van der Waals surface area (Å²) >= 11 is 0. The van der Waals surface area contributed by atoms with E-state index in [1.54, 1.807) is 6.26 Å². The van der Waals surface area contributed by atoms with Gasteiger partial charge in [0.05, 0.1) is 24.9 Å². The van der Waals surface area contributed by atoms with Crippen molar-refractivity contribution >= 4 is 5.91 Å². The molecule has 0 fully saturated rings. The molecule has 2 atom stereocenters. The minimum Gasteiger partial charge on any atom is -0.468 e. The fourth-order valence-electron chi connectivity index (χ4n) is 2.14. The Morgan fingerprint density at radius 1 is 1.19 bits per heavy atom. The van der Waals surface area contributed by atoms with Gasteiger partial charge in [-0.3, -0.25) is 9.69 Å². The molecule has 0 saturated carbocycles. The maximum absolute atomic E-state index is 12.3. The standard InChI is InChI=1S/C17H22N2O2/c1-13(15-8-5-4-6-9-15)18-17(20)14(2)19(3)12-16-10-7-11-21-16/h4-11,13-14H,12H2,1-3H3,(H,18,20). The van der Waals surface area contributed by atoms with Crippen LogP contribution in [0.15, 0.2) is 53.1 Å². The molecule has 0 radical (unpaired) electrons. The average Bonchev–Trinajstić information content (AvgIpc) is 3.00. The lowest BCUT2D eigenvalue weighted by Gasteiger charge is -2.25. The van der Waals surface area contributed by atoms with E-state index in [1.807, 2.05) is 68.3 Å². The highest BCUT2D eigenvalue weighted by molar-refractivity contribution is 5.81. The van der Waals surface area contributed by atoms with Gasteiger partial charge in [0.2, 0.25) is 5.91 Å². The van der Waals surface area contributed by atoms with Crippen molar-refractivity contribution in [2.24, 2.45) is 0 Å². The van der Waals surface area contributed by atoms with Crippen molar-refractivity contribution in [1.82, 2.24) is 10.2 Å². The van der Waals surface area contributed by atoms with E-state index in [4.69, 9.17) is 4.42 Å². The Bertz CT molecular complexity index is 551. The number of carbonyl (C=O) groups is 1. The van der Waals surface area contributed by atoms with Gasteiger partial charge in [-0.1, -0.05) is 30.3 Å². The molecule has 4 heteroatoms. The second-order valence-electron chi connectivity index (χ2n) is 5.31. The summed E-state index contributed by atoms with van der Waals surface area (Å²) in [5.74, 6) is 0.869. The molecule has 1 N–H and O–H groups in total. The number of benzene rings is 1. The van der Waals surface area contributed by atoms with Crippen molar-refractivity contribution in [2.45, 2.75) is 32.5 Å². The fraction of sp³-hybridized carbons (Fsp3) is 0.353. The molecule has 21 heavy (non-hydrogen) atoms. The SMILES string of the molecule is CC(NC(=O)C(C)N(C)Cc1ccco1)c1ccccc1.